The Morgan fingerprint density at radius 1 is 1.21 bits per heavy atom. The highest BCUT2D eigenvalue weighted by Crippen LogP contribution is 2.18. The first-order valence-electron chi connectivity index (χ1n) is 9.12. The van der Waals surface area contributed by atoms with E-state index in [-0.39, 0.29) is 22.4 Å². The van der Waals surface area contributed by atoms with Gasteiger partial charge in [-0.2, -0.15) is 0 Å². The minimum absolute atomic E-state index is 0.0947. The minimum Gasteiger partial charge on any atom is -0.339 e. The number of hydrogen-bond donors (Lipinski definition) is 2. The van der Waals surface area contributed by atoms with E-state index in [0.29, 0.717) is 35.7 Å². The summed E-state index contributed by atoms with van der Waals surface area (Å²) in [4.78, 5) is 43.7. The van der Waals surface area contributed by atoms with Crippen molar-refractivity contribution in [3.8, 4) is 0 Å². The summed E-state index contributed by atoms with van der Waals surface area (Å²) in [6.45, 7) is 6.81. The van der Waals surface area contributed by atoms with Crippen LogP contribution >= 0.6 is 0 Å². The lowest BCUT2D eigenvalue weighted by Gasteiger charge is -2.19. The zero-order valence-corrected chi connectivity index (χ0v) is 16.4. The van der Waals surface area contributed by atoms with Gasteiger partial charge in [-0.25, -0.2) is 4.98 Å². The molecule has 0 fully saturated rings. The lowest BCUT2D eigenvalue weighted by Crippen LogP contribution is -2.30. The van der Waals surface area contributed by atoms with Gasteiger partial charge in [0.2, 0.25) is 0 Å². The number of carbonyl (C=O) groups is 2. The van der Waals surface area contributed by atoms with Crippen LogP contribution in [0.15, 0.2) is 35.1 Å². The Bertz CT molecular complexity index is 1110. The van der Waals surface area contributed by atoms with Crippen molar-refractivity contribution in [3.63, 3.8) is 0 Å². The number of benzene rings is 1. The van der Waals surface area contributed by atoms with Crippen LogP contribution in [0.2, 0.25) is 0 Å². The number of anilines is 1. The maximum Gasteiger partial charge on any atom is 0.274 e. The quantitative estimate of drug-likeness (QED) is 0.708. The third-order valence-electron chi connectivity index (χ3n) is 4.61. The summed E-state index contributed by atoms with van der Waals surface area (Å²) in [6.07, 6.45) is 0. The molecule has 146 valence electrons. The molecule has 0 bridgehead atoms. The largest absolute Gasteiger partial charge is 0.339 e. The Morgan fingerprint density at radius 3 is 2.61 bits per heavy atom. The number of nitrogens with zero attached hydrogens (tertiary/aromatic N) is 3. The number of hydrogen-bond acceptors (Lipinski definition) is 4. The molecule has 1 aromatic carbocycles. The number of amides is 2. The third-order valence-corrected chi connectivity index (χ3v) is 4.61. The van der Waals surface area contributed by atoms with Gasteiger partial charge >= 0.3 is 0 Å². The average molecular weight is 381 g/mol. The summed E-state index contributed by atoms with van der Waals surface area (Å²) >= 11 is 0. The lowest BCUT2D eigenvalue weighted by molar-refractivity contribution is 0.0772. The monoisotopic (exact) mass is 381 g/mol. The number of H-pyrrole nitrogens is 1. The number of rotatable bonds is 5. The highest BCUT2D eigenvalue weighted by molar-refractivity contribution is 6.12. The van der Waals surface area contributed by atoms with E-state index < -0.39 is 5.91 Å². The summed E-state index contributed by atoms with van der Waals surface area (Å²) in [5, 5.41) is 5.64. The van der Waals surface area contributed by atoms with E-state index in [4.69, 9.17) is 0 Å². The van der Waals surface area contributed by atoms with Crippen LogP contribution in [-0.2, 0) is 7.05 Å². The number of aryl methyl sites for hydroxylation is 2. The molecule has 0 unspecified atom stereocenters. The van der Waals surface area contributed by atoms with Gasteiger partial charge in [-0.15, -0.1) is 0 Å². The van der Waals surface area contributed by atoms with Gasteiger partial charge in [-0.3, -0.25) is 24.2 Å². The molecule has 0 saturated heterocycles. The van der Waals surface area contributed by atoms with Gasteiger partial charge in [0.25, 0.3) is 17.4 Å². The number of carbonyl (C=O) groups excluding carboxylic acids is 2. The Kier molecular flexibility index (Phi) is 5.30. The molecule has 0 aliphatic heterocycles. The summed E-state index contributed by atoms with van der Waals surface area (Å²) in [5.74, 6) is -0.526. The molecule has 2 heterocycles. The fourth-order valence-electron chi connectivity index (χ4n) is 3.19. The number of aromatic nitrogens is 3. The molecule has 0 aliphatic carbocycles. The first kappa shape index (κ1) is 19.3. The van der Waals surface area contributed by atoms with Gasteiger partial charge in [0.1, 0.15) is 0 Å². The molecule has 0 aliphatic rings. The summed E-state index contributed by atoms with van der Waals surface area (Å²) in [7, 11) is 1.67. The molecular formula is C20H23N5O3. The molecule has 2 amide bonds. The third kappa shape index (κ3) is 3.53. The van der Waals surface area contributed by atoms with Gasteiger partial charge in [-0.05, 0) is 45.0 Å². The zero-order valence-electron chi connectivity index (χ0n) is 16.4. The predicted octanol–water partition coefficient (Wildman–Crippen LogP) is 2.30. The molecular weight excluding hydrogens is 358 g/mol. The maximum atomic E-state index is 12.9. The summed E-state index contributed by atoms with van der Waals surface area (Å²) < 4.78 is 1.49. The van der Waals surface area contributed by atoms with E-state index in [1.165, 1.54) is 4.68 Å². The lowest BCUT2D eigenvalue weighted by atomic mass is 10.1. The molecule has 0 radical (unpaired) electrons. The van der Waals surface area contributed by atoms with Crippen LogP contribution in [0.1, 0.15) is 40.3 Å². The second-order valence-electron chi connectivity index (χ2n) is 6.52. The molecule has 0 saturated carbocycles. The molecule has 8 heteroatoms. The van der Waals surface area contributed by atoms with Crippen molar-refractivity contribution in [2.75, 3.05) is 18.4 Å². The molecule has 0 atom stereocenters. The average Bonchev–Trinajstić information content (AvgIpc) is 2.95. The number of pyridine rings is 1. The summed E-state index contributed by atoms with van der Waals surface area (Å²) in [6, 6.07) is 8.36. The van der Waals surface area contributed by atoms with E-state index in [9.17, 15) is 14.4 Å². The van der Waals surface area contributed by atoms with E-state index in [2.05, 4.69) is 15.4 Å². The first-order valence-corrected chi connectivity index (χ1v) is 9.12. The van der Waals surface area contributed by atoms with Crippen LogP contribution in [-0.4, -0.2) is 44.6 Å². The fraction of sp³-hybridized carbons (Fsp3) is 0.300. The van der Waals surface area contributed by atoms with Crippen LogP contribution in [0.4, 0.5) is 5.69 Å². The molecule has 3 rings (SSSR count). The SMILES string of the molecule is CCN(CC)C(=O)c1cccc(NC(=O)c2cc(C)nc3c2c(=O)[nH]n3C)c1. The van der Waals surface area contributed by atoms with Crippen LogP contribution in [0.25, 0.3) is 11.0 Å². The van der Waals surface area contributed by atoms with Crippen molar-refractivity contribution in [3.05, 3.63) is 57.5 Å². The van der Waals surface area contributed by atoms with Crippen LogP contribution in [0.3, 0.4) is 0 Å². The smallest absolute Gasteiger partial charge is 0.274 e. The van der Waals surface area contributed by atoms with Crippen molar-refractivity contribution in [1.82, 2.24) is 19.7 Å². The van der Waals surface area contributed by atoms with Gasteiger partial charge in [0.15, 0.2) is 5.65 Å². The molecule has 0 spiro atoms. The Morgan fingerprint density at radius 2 is 1.93 bits per heavy atom. The van der Waals surface area contributed by atoms with Crippen molar-refractivity contribution in [2.24, 2.45) is 7.05 Å². The van der Waals surface area contributed by atoms with Crippen molar-refractivity contribution >= 4 is 28.5 Å². The van der Waals surface area contributed by atoms with Crippen molar-refractivity contribution < 1.29 is 9.59 Å². The number of fused-ring (bicyclic) bond motifs is 1. The van der Waals surface area contributed by atoms with Gasteiger partial charge < -0.3 is 10.2 Å². The van der Waals surface area contributed by atoms with Crippen LogP contribution < -0.4 is 10.9 Å². The number of nitrogens with one attached hydrogen (secondary N) is 2. The Balaban J connectivity index is 1.95. The molecule has 2 N–H and O–H groups in total. The maximum absolute atomic E-state index is 12.9. The van der Waals surface area contributed by atoms with Gasteiger partial charge in [0.05, 0.1) is 10.9 Å². The highest BCUT2D eigenvalue weighted by atomic mass is 16.2. The fourth-order valence-corrected chi connectivity index (χ4v) is 3.19. The normalized spacial score (nSPS) is 10.9. The van der Waals surface area contributed by atoms with E-state index >= 15 is 0 Å². The summed E-state index contributed by atoms with van der Waals surface area (Å²) in [5.41, 5.74) is 1.89. The molecule has 8 nitrogen and oxygen atoms in total. The van der Waals surface area contributed by atoms with Crippen molar-refractivity contribution in [2.45, 2.75) is 20.8 Å². The minimum atomic E-state index is -0.431. The highest BCUT2D eigenvalue weighted by Gasteiger charge is 2.19. The van der Waals surface area contributed by atoms with Crippen LogP contribution in [0, 0.1) is 6.92 Å². The van der Waals surface area contributed by atoms with Crippen molar-refractivity contribution in [1.29, 1.82) is 0 Å². The second kappa shape index (κ2) is 7.67. The standard InChI is InChI=1S/C20H23N5O3/c1-5-25(6-2)20(28)13-8-7-9-14(11-13)22-18(26)15-10-12(3)21-17-16(15)19(27)23-24(17)4/h7-11H,5-6H2,1-4H3,(H,22,26)(H,23,27). The van der Waals surface area contributed by atoms with Gasteiger partial charge in [-0.1, -0.05) is 6.07 Å². The topological polar surface area (TPSA) is 100 Å². The van der Waals surface area contributed by atoms with E-state index in [0.717, 1.165) is 0 Å². The predicted molar refractivity (Wildman–Crippen MR) is 108 cm³/mol. The molecule has 2 aromatic heterocycles. The Labute approximate surface area is 162 Å². The molecule has 28 heavy (non-hydrogen) atoms. The zero-order chi connectivity index (χ0) is 20.4. The van der Waals surface area contributed by atoms with E-state index in [1.54, 1.807) is 49.2 Å². The second-order valence-corrected chi connectivity index (χ2v) is 6.52. The van der Waals surface area contributed by atoms with Gasteiger partial charge in [0, 0.05) is 37.1 Å². The number of aromatic amines is 1. The van der Waals surface area contributed by atoms with Crippen LogP contribution in [0.5, 0.6) is 0 Å². The van der Waals surface area contributed by atoms with E-state index in [1.807, 2.05) is 13.8 Å². The first-order chi connectivity index (χ1) is 13.3. The molecule has 3 aromatic rings. The Hall–Kier alpha value is -3.42.